The van der Waals surface area contributed by atoms with E-state index in [0.29, 0.717) is 19.4 Å². The second kappa shape index (κ2) is 4.84. The third kappa shape index (κ3) is 4.92. The molecule has 0 radical (unpaired) electrons. The third-order valence-corrected chi connectivity index (χ3v) is 5.01. The minimum Gasteiger partial charge on any atom is -0.243 e. The standard InChI is InChI=1S/C12H24FNO2S/c1-11(2,3)6-5-9-17(15,16)14-8-7-12(4,13)10-14/h5-10H2,1-4H3. The predicted molar refractivity (Wildman–Crippen MR) is 68.2 cm³/mol. The van der Waals surface area contributed by atoms with E-state index in [2.05, 4.69) is 20.8 Å². The van der Waals surface area contributed by atoms with E-state index < -0.39 is 15.7 Å². The maximum Gasteiger partial charge on any atom is 0.214 e. The normalized spacial score (nSPS) is 27.6. The van der Waals surface area contributed by atoms with Crippen LogP contribution >= 0.6 is 0 Å². The first-order valence-electron chi connectivity index (χ1n) is 6.19. The van der Waals surface area contributed by atoms with E-state index in [-0.39, 0.29) is 17.7 Å². The van der Waals surface area contributed by atoms with Gasteiger partial charge < -0.3 is 0 Å². The first kappa shape index (κ1) is 14.9. The quantitative estimate of drug-likeness (QED) is 0.783. The van der Waals surface area contributed by atoms with E-state index >= 15 is 0 Å². The molecule has 1 atom stereocenters. The van der Waals surface area contributed by atoms with Crippen LogP contribution in [0.1, 0.15) is 47.0 Å². The van der Waals surface area contributed by atoms with Gasteiger partial charge in [0.25, 0.3) is 0 Å². The average molecular weight is 265 g/mol. The van der Waals surface area contributed by atoms with Gasteiger partial charge in [0.2, 0.25) is 10.0 Å². The van der Waals surface area contributed by atoms with Crippen molar-refractivity contribution in [1.29, 1.82) is 0 Å². The molecule has 1 aliphatic rings. The van der Waals surface area contributed by atoms with Crippen LogP contribution in [0.5, 0.6) is 0 Å². The molecular weight excluding hydrogens is 241 g/mol. The summed E-state index contributed by atoms with van der Waals surface area (Å²) >= 11 is 0. The average Bonchev–Trinajstić information content (AvgIpc) is 2.43. The number of nitrogens with zero attached hydrogens (tertiary/aromatic N) is 1. The summed E-state index contributed by atoms with van der Waals surface area (Å²) in [6, 6.07) is 0. The Kier molecular flexibility index (Phi) is 4.24. The first-order valence-corrected chi connectivity index (χ1v) is 7.80. The molecule has 0 aromatic heterocycles. The van der Waals surface area contributed by atoms with Gasteiger partial charge in [-0.15, -0.1) is 0 Å². The van der Waals surface area contributed by atoms with Crippen molar-refractivity contribution in [2.45, 2.75) is 52.6 Å². The Hall–Kier alpha value is -0.160. The zero-order valence-electron chi connectivity index (χ0n) is 11.3. The highest BCUT2D eigenvalue weighted by Gasteiger charge is 2.39. The smallest absolute Gasteiger partial charge is 0.214 e. The minimum absolute atomic E-state index is 0.0187. The summed E-state index contributed by atoms with van der Waals surface area (Å²) in [5, 5.41) is 0. The van der Waals surface area contributed by atoms with Gasteiger partial charge in [0.15, 0.2) is 0 Å². The summed E-state index contributed by atoms with van der Waals surface area (Å²) in [7, 11) is -3.26. The molecule has 1 fully saturated rings. The highest BCUT2D eigenvalue weighted by atomic mass is 32.2. The highest BCUT2D eigenvalue weighted by Crippen LogP contribution is 2.28. The molecule has 1 aliphatic heterocycles. The van der Waals surface area contributed by atoms with E-state index in [1.54, 1.807) is 0 Å². The van der Waals surface area contributed by atoms with E-state index in [9.17, 15) is 12.8 Å². The van der Waals surface area contributed by atoms with Gasteiger partial charge in [0, 0.05) is 13.1 Å². The maximum absolute atomic E-state index is 13.6. The summed E-state index contributed by atoms with van der Waals surface area (Å²) < 4.78 is 38.8. The zero-order chi connectivity index (χ0) is 13.3. The van der Waals surface area contributed by atoms with Gasteiger partial charge in [-0.25, -0.2) is 12.8 Å². The van der Waals surface area contributed by atoms with Gasteiger partial charge in [-0.1, -0.05) is 20.8 Å². The third-order valence-electron chi connectivity index (χ3n) is 3.11. The van der Waals surface area contributed by atoms with Gasteiger partial charge in [-0.2, -0.15) is 4.31 Å². The fraction of sp³-hybridized carbons (Fsp3) is 1.00. The van der Waals surface area contributed by atoms with Crippen LogP contribution < -0.4 is 0 Å². The maximum atomic E-state index is 13.6. The lowest BCUT2D eigenvalue weighted by atomic mass is 9.91. The molecule has 0 amide bonds. The topological polar surface area (TPSA) is 37.4 Å². The van der Waals surface area contributed by atoms with E-state index in [1.165, 1.54) is 11.2 Å². The molecule has 17 heavy (non-hydrogen) atoms. The Morgan fingerprint density at radius 3 is 2.35 bits per heavy atom. The summed E-state index contributed by atoms with van der Waals surface area (Å²) in [4.78, 5) is 0. The molecule has 0 bridgehead atoms. The van der Waals surface area contributed by atoms with Crippen LogP contribution in [0.3, 0.4) is 0 Å². The summed E-state index contributed by atoms with van der Waals surface area (Å²) in [5.74, 6) is 0.139. The number of hydrogen-bond acceptors (Lipinski definition) is 2. The van der Waals surface area contributed by atoms with Crippen molar-refractivity contribution in [3.8, 4) is 0 Å². The lowest BCUT2D eigenvalue weighted by molar-refractivity contribution is 0.208. The summed E-state index contributed by atoms with van der Waals surface area (Å²) in [6.45, 7) is 8.09. The Bertz CT molecular complexity index is 357. The van der Waals surface area contributed by atoms with Crippen LogP contribution in [0, 0.1) is 5.41 Å². The van der Waals surface area contributed by atoms with E-state index in [0.717, 1.165) is 6.42 Å². The van der Waals surface area contributed by atoms with Crippen LogP contribution in [0.15, 0.2) is 0 Å². The predicted octanol–water partition coefficient (Wildman–Crippen LogP) is 2.58. The molecule has 5 heteroatoms. The monoisotopic (exact) mass is 265 g/mol. The first-order chi connectivity index (χ1) is 7.52. The molecule has 0 aromatic rings. The van der Waals surface area contributed by atoms with Gasteiger partial charge in [-0.05, 0) is 31.6 Å². The van der Waals surface area contributed by atoms with Crippen LogP contribution in [0.4, 0.5) is 4.39 Å². The summed E-state index contributed by atoms with van der Waals surface area (Å²) in [5.41, 5.74) is -1.20. The highest BCUT2D eigenvalue weighted by molar-refractivity contribution is 7.89. The molecular formula is C12H24FNO2S. The SMILES string of the molecule is CC(C)(C)CCCS(=O)(=O)N1CCC(C)(F)C1. The molecule has 1 heterocycles. The summed E-state index contributed by atoms with van der Waals surface area (Å²) in [6.07, 6.45) is 1.82. The molecule has 102 valence electrons. The Labute approximate surface area is 104 Å². The van der Waals surface area contributed by atoms with Gasteiger partial charge >= 0.3 is 0 Å². The van der Waals surface area contributed by atoms with Crippen LogP contribution in [-0.4, -0.2) is 37.2 Å². The minimum atomic E-state index is -3.26. The molecule has 0 aliphatic carbocycles. The van der Waals surface area contributed by atoms with Crippen LogP contribution in [0.2, 0.25) is 0 Å². The zero-order valence-corrected chi connectivity index (χ0v) is 12.1. The van der Waals surface area contributed by atoms with Gasteiger partial charge in [0.05, 0.1) is 5.75 Å². The van der Waals surface area contributed by atoms with Gasteiger partial charge in [0.1, 0.15) is 5.67 Å². The lowest BCUT2D eigenvalue weighted by Crippen LogP contribution is -2.33. The van der Waals surface area contributed by atoms with Crippen molar-refractivity contribution >= 4 is 10.0 Å². The van der Waals surface area contributed by atoms with Crippen molar-refractivity contribution in [2.75, 3.05) is 18.8 Å². The van der Waals surface area contributed by atoms with Crippen LogP contribution in [0.25, 0.3) is 0 Å². The number of rotatable bonds is 4. The fourth-order valence-electron chi connectivity index (χ4n) is 2.04. The lowest BCUT2D eigenvalue weighted by Gasteiger charge is -2.20. The molecule has 0 N–H and O–H groups in total. The molecule has 3 nitrogen and oxygen atoms in total. The molecule has 1 rings (SSSR count). The van der Waals surface area contributed by atoms with Crippen LogP contribution in [-0.2, 0) is 10.0 Å². The Morgan fingerprint density at radius 1 is 1.35 bits per heavy atom. The number of alkyl halides is 1. The van der Waals surface area contributed by atoms with E-state index in [4.69, 9.17) is 0 Å². The second-order valence-electron chi connectivity index (χ2n) is 6.48. The molecule has 1 saturated heterocycles. The largest absolute Gasteiger partial charge is 0.243 e. The van der Waals surface area contributed by atoms with Crippen molar-refractivity contribution in [3.63, 3.8) is 0 Å². The second-order valence-corrected chi connectivity index (χ2v) is 8.57. The number of hydrogen-bond donors (Lipinski definition) is 0. The molecule has 0 spiro atoms. The van der Waals surface area contributed by atoms with Crippen molar-refractivity contribution < 1.29 is 12.8 Å². The molecule has 0 saturated carbocycles. The van der Waals surface area contributed by atoms with Crippen molar-refractivity contribution in [1.82, 2.24) is 4.31 Å². The Balaban J connectivity index is 2.48. The van der Waals surface area contributed by atoms with Crippen molar-refractivity contribution in [2.24, 2.45) is 5.41 Å². The number of sulfonamides is 1. The molecule has 1 unspecified atom stereocenters. The van der Waals surface area contributed by atoms with Gasteiger partial charge in [-0.3, -0.25) is 0 Å². The fourth-order valence-corrected chi connectivity index (χ4v) is 3.64. The number of halogens is 1. The van der Waals surface area contributed by atoms with Crippen molar-refractivity contribution in [3.05, 3.63) is 0 Å². The Morgan fingerprint density at radius 2 is 1.94 bits per heavy atom. The van der Waals surface area contributed by atoms with E-state index in [1.807, 2.05) is 0 Å². The molecule has 0 aromatic carbocycles.